The average molecular weight is 495 g/mol. The van der Waals surface area contributed by atoms with Crippen LogP contribution in [0, 0.1) is 0 Å². The summed E-state index contributed by atoms with van der Waals surface area (Å²) in [5.74, 6) is 1.54. The van der Waals surface area contributed by atoms with E-state index in [0.29, 0.717) is 11.6 Å². The van der Waals surface area contributed by atoms with Crippen molar-refractivity contribution in [2.24, 2.45) is 0 Å². The molecular formula is C28H35ClN4O2. The Morgan fingerprint density at radius 3 is 2.51 bits per heavy atom. The van der Waals surface area contributed by atoms with Gasteiger partial charge in [0.25, 0.3) is 0 Å². The van der Waals surface area contributed by atoms with Gasteiger partial charge in [-0.05, 0) is 56.3 Å². The minimum Gasteiger partial charge on any atom is -0.497 e. The Bertz CT molecular complexity index is 1170. The van der Waals surface area contributed by atoms with Crippen LogP contribution in [0.2, 0.25) is 5.02 Å². The highest BCUT2D eigenvalue weighted by Crippen LogP contribution is 2.38. The zero-order valence-corrected chi connectivity index (χ0v) is 22.0. The highest BCUT2D eigenvalue weighted by atomic mass is 35.5. The summed E-state index contributed by atoms with van der Waals surface area (Å²) < 4.78 is 11.7. The molecule has 0 bridgehead atoms. The minimum absolute atomic E-state index is 0.0214. The van der Waals surface area contributed by atoms with Crippen LogP contribution in [0.3, 0.4) is 0 Å². The van der Waals surface area contributed by atoms with Crippen LogP contribution in [0.25, 0.3) is 11.3 Å². The van der Waals surface area contributed by atoms with Gasteiger partial charge in [0.15, 0.2) is 0 Å². The molecule has 0 saturated heterocycles. The first-order valence-electron chi connectivity index (χ1n) is 12.3. The molecule has 2 unspecified atom stereocenters. The number of likely N-dealkylation sites (N-methyl/N-ethyl adjacent to an activating group) is 1. The topological polar surface area (TPSA) is 59.5 Å². The quantitative estimate of drug-likeness (QED) is 0.396. The van der Waals surface area contributed by atoms with E-state index in [9.17, 15) is 0 Å². The van der Waals surface area contributed by atoms with Crippen molar-refractivity contribution >= 4 is 17.4 Å². The molecule has 0 amide bonds. The number of halogens is 1. The normalized spacial score (nSPS) is 17.0. The Morgan fingerprint density at radius 2 is 1.83 bits per heavy atom. The summed E-state index contributed by atoms with van der Waals surface area (Å²) in [7, 11) is 5.76. The first kappa shape index (κ1) is 25.4. The van der Waals surface area contributed by atoms with Gasteiger partial charge in [-0.3, -0.25) is 0 Å². The number of aromatic nitrogens is 2. The van der Waals surface area contributed by atoms with Crippen molar-refractivity contribution in [3.05, 3.63) is 70.0 Å². The van der Waals surface area contributed by atoms with Crippen LogP contribution in [0.15, 0.2) is 42.5 Å². The third kappa shape index (κ3) is 5.61. The van der Waals surface area contributed by atoms with E-state index in [1.165, 1.54) is 11.1 Å². The number of rotatable bonds is 10. The number of methoxy groups -OCH3 is 1. The minimum atomic E-state index is 0.0214. The summed E-state index contributed by atoms with van der Waals surface area (Å²) in [6.07, 6.45) is 2.42. The van der Waals surface area contributed by atoms with Gasteiger partial charge in [-0.25, -0.2) is 9.97 Å². The zero-order valence-electron chi connectivity index (χ0n) is 21.3. The Labute approximate surface area is 213 Å². The van der Waals surface area contributed by atoms with Gasteiger partial charge in [0, 0.05) is 18.5 Å². The largest absolute Gasteiger partial charge is 0.497 e. The number of hydrogen-bond acceptors (Lipinski definition) is 6. The maximum atomic E-state index is 6.61. The predicted octanol–water partition coefficient (Wildman–Crippen LogP) is 5.59. The second kappa shape index (κ2) is 11.4. The third-order valence-electron chi connectivity index (χ3n) is 6.49. The lowest BCUT2D eigenvalue weighted by molar-refractivity contribution is 0.0393. The fourth-order valence-electron chi connectivity index (χ4n) is 4.56. The van der Waals surface area contributed by atoms with Gasteiger partial charge in [-0.2, -0.15) is 0 Å². The fraction of sp³-hybridized carbons (Fsp3) is 0.429. The van der Waals surface area contributed by atoms with Crippen molar-refractivity contribution in [2.75, 3.05) is 39.7 Å². The molecular weight excluding hydrogens is 460 g/mol. The molecule has 0 radical (unpaired) electrons. The van der Waals surface area contributed by atoms with E-state index < -0.39 is 0 Å². The molecule has 0 spiro atoms. The van der Waals surface area contributed by atoms with Crippen molar-refractivity contribution in [2.45, 2.75) is 45.3 Å². The van der Waals surface area contributed by atoms with Crippen molar-refractivity contribution in [1.82, 2.24) is 14.9 Å². The number of anilines is 1. The molecule has 7 heteroatoms. The lowest BCUT2D eigenvalue weighted by Gasteiger charge is -2.25. The monoisotopic (exact) mass is 494 g/mol. The summed E-state index contributed by atoms with van der Waals surface area (Å²) >= 11 is 6.61. The van der Waals surface area contributed by atoms with Crippen LogP contribution in [0.1, 0.15) is 42.4 Å². The number of aryl methyl sites for hydroxylation is 2. The molecule has 1 heterocycles. The summed E-state index contributed by atoms with van der Waals surface area (Å²) in [5, 5.41) is 4.33. The van der Waals surface area contributed by atoms with E-state index >= 15 is 0 Å². The second-order valence-corrected chi connectivity index (χ2v) is 9.51. The molecule has 6 nitrogen and oxygen atoms in total. The first-order valence-corrected chi connectivity index (χ1v) is 12.7. The molecule has 35 heavy (non-hydrogen) atoms. The Balaban J connectivity index is 1.68. The van der Waals surface area contributed by atoms with Crippen molar-refractivity contribution in [1.29, 1.82) is 0 Å². The van der Waals surface area contributed by atoms with E-state index in [1.54, 1.807) is 7.11 Å². The maximum absolute atomic E-state index is 6.61. The Kier molecular flexibility index (Phi) is 8.26. The van der Waals surface area contributed by atoms with E-state index in [2.05, 4.69) is 62.4 Å². The average Bonchev–Trinajstić information content (AvgIpc) is 3.20. The molecule has 3 aromatic rings. The number of hydrogen-bond donors (Lipinski definition) is 1. The third-order valence-corrected chi connectivity index (χ3v) is 6.80. The molecule has 2 aromatic carbocycles. The molecule has 0 fully saturated rings. The molecule has 1 aromatic heterocycles. The van der Waals surface area contributed by atoms with Crippen molar-refractivity contribution in [3.63, 3.8) is 0 Å². The number of fused-ring (bicyclic) bond motifs is 1. The maximum Gasteiger partial charge on any atom is 0.148 e. The lowest BCUT2D eigenvalue weighted by atomic mass is 10.1. The molecule has 1 aliphatic rings. The van der Waals surface area contributed by atoms with Gasteiger partial charge in [0.05, 0.1) is 48.0 Å². The number of nitrogens with zero attached hydrogens (tertiary/aromatic N) is 3. The smallest absolute Gasteiger partial charge is 0.148 e. The van der Waals surface area contributed by atoms with E-state index in [-0.39, 0.29) is 12.1 Å². The van der Waals surface area contributed by atoms with Crippen LogP contribution in [-0.4, -0.2) is 55.3 Å². The Hall–Kier alpha value is -2.67. The standard InChI is InChI=1S/C28H35ClN4O2/c1-6-23-26(21-13-12-19(34-5)17-22(21)29)30-24(7-2)28(31-23)32-27-20-11-9-8-10-18(20)16-25(27)35-15-14-33(3)4/h8-13,17,25,27H,6-7,14-16H2,1-5H3,(H,31,32). The summed E-state index contributed by atoms with van der Waals surface area (Å²) in [6.45, 7) is 5.77. The number of benzene rings is 2. The van der Waals surface area contributed by atoms with Crippen LogP contribution < -0.4 is 10.1 Å². The van der Waals surface area contributed by atoms with Crippen LogP contribution in [0.5, 0.6) is 5.75 Å². The summed E-state index contributed by atoms with van der Waals surface area (Å²) in [6, 6.07) is 14.3. The van der Waals surface area contributed by atoms with Crippen molar-refractivity contribution in [3.8, 4) is 17.0 Å². The number of ether oxygens (including phenoxy) is 2. The second-order valence-electron chi connectivity index (χ2n) is 9.10. The van der Waals surface area contributed by atoms with Crippen LogP contribution in [-0.2, 0) is 24.0 Å². The summed E-state index contributed by atoms with van der Waals surface area (Å²) in [5.41, 5.74) is 6.12. The molecule has 1 N–H and O–H groups in total. The van der Waals surface area contributed by atoms with Gasteiger partial charge in [-0.15, -0.1) is 0 Å². The van der Waals surface area contributed by atoms with Crippen LogP contribution >= 0.6 is 11.6 Å². The molecule has 0 saturated carbocycles. The lowest BCUT2D eigenvalue weighted by Crippen LogP contribution is -2.29. The molecule has 1 aliphatic carbocycles. The van der Waals surface area contributed by atoms with Gasteiger partial charge in [0.1, 0.15) is 11.6 Å². The van der Waals surface area contributed by atoms with Crippen molar-refractivity contribution < 1.29 is 9.47 Å². The SMILES string of the molecule is CCc1nc(-c2ccc(OC)cc2Cl)c(CC)nc1NC1c2ccccc2CC1OCCN(C)C. The summed E-state index contributed by atoms with van der Waals surface area (Å²) in [4.78, 5) is 12.3. The highest BCUT2D eigenvalue weighted by molar-refractivity contribution is 6.33. The zero-order chi connectivity index (χ0) is 24.9. The van der Waals surface area contributed by atoms with Gasteiger partial charge < -0.3 is 19.7 Å². The van der Waals surface area contributed by atoms with E-state index in [4.69, 9.17) is 31.0 Å². The van der Waals surface area contributed by atoms with Crippen LogP contribution in [0.4, 0.5) is 5.82 Å². The Morgan fingerprint density at radius 1 is 1.06 bits per heavy atom. The molecule has 186 valence electrons. The first-order chi connectivity index (χ1) is 16.9. The molecule has 0 aliphatic heterocycles. The molecule has 4 rings (SSSR count). The van der Waals surface area contributed by atoms with Gasteiger partial charge >= 0.3 is 0 Å². The highest BCUT2D eigenvalue weighted by Gasteiger charge is 2.34. The molecule has 2 atom stereocenters. The number of nitrogens with one attached hydrogen (secondary N) is 1. The van der Waals surface area contributed by atoms with E-state index in [0.717, 1.165) is 60.0 Å². The van der Waals surface area contributed by atoms with Gasteiger partial charge in [0.2, 0.25) is 0 Å². The fourth-order valence-corrected chi connectivity index (χ4v) is 4.82. The van der Waals surface area contributed by atoms with E-state index in [1.807, 2.05) is 18.2 Å². The predicted molar refractivity (Wildman–Crippen MR) is 143 cm³/mol. The van der Waals surface area contributed by atoms with Gasteiger partial charge in [-0.1, -0.05) is 49.7 Å².